The van der Waals surface area contributed by atoms with Crippen LogP contribution in [0, 0.1) is 17.2 Å². The van der Waals surface area contributed by atoms with Crippen LogP contribution in [0.2, 0.25) is 0 Å². The summed E-state index contributed by atoms with van der Waals surface area (Å²) in [6.07, 6.45) is 7.96. The molecule has 0 bridgehead atoms. The van der Waals surface area contributed by atoms with Gasteiger partial charge in [-0.15, -0.1) is 0 Å². The van der Waals surface area contributed by atoms with Crippen LogP contribution in [0.15, 0.2) is 18.2 Å². The highest BCUT2D eigenvalue weighted by atomic mass is 19.1. The Labute approximate surface area is 183 Å². The van der Waals surface area contributed by atoms with Crippen LogP contribution in [0.1, 0.15) is 76.2 Å². The first-order valence-corrected chi connectivity index (χ1v) is 11.5. The van der Waals surface area contributed by atoms with Crippen molar-refractivity contribution in [2.45, 2.75) is 84.3 Å². The van der Waals surface area contributed by atoms with Crippen molar-refractivity contribution in [3.63, 3.8) is 0 Å². The largest absolute Gasteiger partial charge is 0.352 e. The summed E-state index contributed by atoms with van der Waals surface area (Å²) in [5.41, 5.74) is 0.464. The van der Waals surface area contributed by atoms with E-state index >= 15 is 0 Å². The fourth-order valence-corrected chi connectivity index (χ4v) is 4.46. The zero-order chi connectivity index (χ0) is 22.2. The lowest BCUT2D eigenvalue weighted by atomic mass is 9.86. The maximum Gasteiger partial charge on any atom is 0.273 e. The Morgan fingerprint density at radius 2 is 1.87 bits per heavy atom. The molecular weight excluding hydrogens is 395 g/mol. The Hall–Kier alpha value is -2.44. The van der Waals surface area contributed by atoms with Crippen molar-refractivity contribution in [3.05, 3.63) is 29.7 Å². The number of hydrogen-bond acceptors (Lipinski definition) is 3. The summed E-state index contributed by atoms with van der Waals surface area (Å²) in [5.74, 6) is -0.508. The Balaban J connectivity index is 1.61. The van der Waals surface area contributed by atoms with Gasteiger partial charge in [-0.2, -0.15) is 5.10 Å². The van der Waals surface area contributed by atoms with Crippen LogP contribution in [-0.2, 0) is 11.3 Å². The molecule has 1 aromatic heterocycles. The Bertz CT molecular complexity index is 968. The van der Waals surface area contributed by atoms with Gasteiger partial charge in [0.25, 0.3) is 5.91 Å². The van der Waals surface area contributed by atoms with Crippen LogP contribution in [0.25, 0.3) is 10.9 Å². The molecule has 2 aliphatic rings. The van der Waals surface area contributed by atoms with Gasteiger partial charge >= 0.3 is 0 Å². The zero-order valence-corrected chi connectivity index (χ0v) is 18.7. The average Bonchev–Trinajstić information content (AvgIpc) is 3.46. The van der Waals surface area contributed by atoms with Gasteiger partial charge < -0.3 is 10.6 Å². The molecule has 2 saturated carbocycles. The number of nitrogens with zero attached hydrogens (tertiary/aromatic N) is 2. The third-order valence-electron chi connectivity index (χ3n) is 6.41. The summed E-state index contributed by atoms with van der Waals surface area (Å²) in [4.78, 5) is 26.0. The zero-order valence-electron chi connectivity index (χ0n) is 18.7. The van der Waals surface area contributed by atoms with Crippen LogP contribution in [0.3, 0.4) is 0 Å². The van der Waals surface area contributed by atoms with Crippen LogP contribution in [-0.4, -0.2) is 33.7 Å². The summed E-state index contributed by atoms with van der Waals surface area (Å²) >= 11 is 0. The van der Waals surface area contributed by atoms with E-state index in [4.69, 9.17) is 0 Å². The quantitative estimate of drug-likeness (QED) is 0.725. The molecule has 4 rings (SSSR count). The summed E-state index contributed by atoms with van der Waals surface area (Å²) < 4.78 is 15.9. The summed E-state index contributed by atoms with van der Waals surface area (Å²) in [6.45, 7) is 6.48. The van der Waals surface area contributed by atoms with Gasteiger partial charge in [0.15, 0.2) is 5.69 Å². The molecule has 1 heterocycles. The molecule has 0 aliphatic heterocycles. The normalized spacial score (nSPS) is 18.7. The van der Waals surface area contributed by atoms with Gasteiger partial charge in [-0.25, -0.2) is 4.39 Å². The first-order valence-electron chi connectivity index (χ1n) is 11.5. The molecule has 31 heavy (non-hydrogen) atoms. The molecule has 168 valence electrons. The van der Waals surface area contributed by atoms with Crippen LogP contribution < -0.4 is 10.6 Å². The number of aromatic nitrogens is 2. The van der Waals surface area contributed by atoms with E-state index in [-0.39, 0.29) is 17.6 Å². The number of fused-ring (bicyclic) bond motifs is 1. The fourth-order valence-electron chi connectivity index (χ4n) is 4.46. The molecule has 2 aromatic rings. The standard InChI is InChI=1S/C24H33FN4O2/c1-24(2,3)21(23(31)26-17-10-11-17)27-22(30)20-18-13-16(25)9-12-19(18)29(28-20)14-15-7-5-4-6-8-15/h9,12-13,15,17,21H,4-8,10-11,14H2,1-3H3,(H,26,31)(H,27,30). The third kappa shape index (κ3) is 5.08. The lowest BCUT2D eigenvalue weighted by molar-refractivity contribution is -0.125. The van der Waals surface area contributed by atoms with Crippen molar-refractivity contribution in [1.82, 2.24) is 20.4 Å². The molecule has 0 radical (unpaired) electrons. The molecule has 1 aromatic carbocycles. The molecule has 2 N–H and O–H groups in total. The molecule has 1 atom stereocenters. The van der Waals surface area contributed by atoms with E-state index in [0.717, 1.165) is 37.7 Å². The van der Waals surface area contributed by atoms with Crippen molar-refractivity contribution in [1.29, 1.82) is 0 Å². The van der Waals surface area contributed by atoms with Crippen LogP contribution >= 0.6 is 0 Å². The summed E-state index contributed by atoms with van der Waals surface area (Å²) in [7, 11) is 0. The molecule has 2 aliphatic carbocycles. The monoisotopic (exact) mass is 428 g/mol. The van der Waals surface area contributed by atoms with E-state index in [1.165, 1.54) is 31.4 Å². The highest BCUT2D eigenvalue weighted by Crippen LogP contribution is 2.28. The van der Waals surface area contributed by atoms with Gasteiger partial charge in [-0.05, 0) is 55.2 Å². The number of carbonyl (C=O) groups excluding carboxylic acids is 2. The lowest BCUT2D eigenvalue weighted by Crippen LogP contribution is -2.54. The van der Waals surface area contributed by atoms with Crippen LogP contribution in [0.5, 0.6) is 0 Å². The molecule has 2 amide bonds. The fraction of sp³-hybridized carbons (Fsp3) is 0.625. The maximum absolute atomic E-state index is 14.0. The predicted molar refractivity (Wildman–Crippen MR) is 118 cm³/mol. The first-order chi connectivity index (χ1) is 14.7. The molecule has 0 spiro atoms. The van der Waals surface area contributed by atoms with Gasteiger partial charge in [-0.3, -0.25) is 14.3 Å². The second-order valence-electron chi connectivity index (χ2n) is 10.3. The van der Waals surface area contributed by atoms with Crippen molar-refractivity contribution in [2.75, 3.05) is 0 Å². The summed E-state index contributed by atoms with van der Waals surface area (Å²) in [5, 5.41) is 11.0. The van der Waals surface area contributed by atoms with Crippen molar-refractivity contribution in [3.8, 4) is 0 Å². The molecule has 2 fully saturated rings. The number of carbonyl (C=O) groups is 2. The number of amides is 2. The average molecular weight is 429 g/mol. The predicted octanol–water partition coefficient (Wildman–Crippen LogP) is 4.18. The Kier molecular flexibility index (Phi) is 6.04. The Morgan fingerprint density at radius 3 is 2.52 bits per heavy atom. The van der Waals surface area contributed by atoms with Crippen molar-refractivity contribution in [2.24, 2.45) is 11.3 Å². The third-order valence-corrected chi connectivity index (χ3v) is 6.41. The topological polar surface area (TPSA) is 76.0 Å². The summed E-state index contributed by atoms with van der Waals surface area (Å²) in [6, 6.07) is 3.97. The first kappa shape index (κ1) is 21.8. The Morgan fingerprint density at radius 1 is 1.16 bits per heavy atom. The van der Waals surface area contributed by atoms with Gasteiger partial charge in [0.1, 0.15) is 11.9 Å². The molecular formula is C24H33FN4O2. The molecule has 1 unspecified atom stereocenters. The van der Waals surface area contributed by atoms with Gasteiger partial charge in [0.05, 0.1) is 5.52 Å². The molecule has 7 heteroatoms. The van der Waals surface area contributed by atoms with Gasteiger partial charge in [0.2, 0.25) is 5.91 Å². The second kappa shape index (κ2) is 8.60. The smallest absolute Gasteiger partial charge is 0.273 e. The molecule has 6 nitrogen and oxygen atoms in total. The van der Waals surface area contributed by atoms with Crippen LogP contribution in [0.4, 0.5) is 4.39 Å². The number of hydrogen-bond donors (Lipinski definition) is 2. The van der Waals surface area contributed by atoms with E-state index in [0.29, 0.717) is 11.3 Å². The lowest BCUT2D eigenvalue weighted by Gasteiger charge is -2.30. The van der Waals surface area contributed by atoms with E-state index in [2.05, 4.69) is 15.7 Å². The van der Waals surface area contributed by atoms with Gasteiger partial charge in [-0.1, -0.05) is 40.0 Å². The number of halogens is 1. The van der Waals surface area contributed by atoms with Crippen molar-refractivity contribution >= 4 is 22.7 Å². The highest BCUT2D eigenvalue weighted by Gasteiger charge is 2.36. The van der Waals surface area contributed by atoms with Crippen molar-refractivity contribution < 1.29 is 14.0 Å². The minimum Gasteiger partial charge on any atom is -0.352 e. The van der Waals surface area contributed by atoms with Gasteiger partial charge in [0, 0.05) is 18.0 Å². The minimum absolute atomic E-state index is 0.179. The molecule has 0 saturated heterocycles. The van der Waals surface area contributed by atoms with E-state index in [9.17, 15) is 14.0 Å². The number of benzene rings is 1. The number of nitrogens with one attached hydrogen (secondary N) is 2. The van der Waals surface area contributed by atoms with E-state index < -0.39 is 23.2 Å². The second-order valence-corrected chi connectivity index (χ2v) is 10.3. The minimum atomic E-state index is -0.701. The maximum atomic E-state index is 14.0. The van der Waals surface area contributed by atoms with E-state index in [1.54, 1.807) is 6.07 Å². The van der Waals surface area contributed by atoms with E-state index in [1.807, 2.05) is 25.5 Å². The number of rotatable bonds is 6. The highest BCUT2D eigenvalue weighted by molar-refractivity contribution is 6.06. The SMILES string of the molecule is CC(C)(C)C(NC(=O)c1nn(CC2CCCCC2)c2ccc(F)cc12)C(=O)NC1CC1.